The third kappa shape index (κ3) is 4.23. The summed E-state index contributed by atoms with van der Waals surface area (Å²) in [5.41, 5.74) is 0.155. The largest absolute Gasteiger partial charge is 0.353 e. The fourth-order valence-corrected chi connectivity index (χ4v) is 5.98. The van der Waals surface area contributed by atoms with Crippen molar-refractivity contribution in [3.05, 3.63) is 29.8 Å². The summed E-state index contributed by atoms with van der Waals surface area (Å²) >= 11 is 0. The lowest BCUT2D eigenvalue weighted by atomic mass is 9.78. The van der Waals surface area contributed by atoms with Gasteiger partial charge in [0.05, 0.1) is 10.5 Å². The zero-order valence-corrected chi connectivity index (χ0v) is 17.4. The first-order valence-electron chi connectivity index (χ1n) is 10.1. The molecule has 0 spiro atoms. The minimum atomic E-state index is -3.72. The molecule has 3 atom stereocenters. The quantitative estimate of drug-likeness (QED) is 0.837. The third-order valence-corrected chi connectivity index (χ3v) is 8.44. The zero-order chi connectivity index (χ0) is 20.3. The molecule has 1 aliphatic heterocycles. The van der Waals surface area contributed by atoms with Gasteiger partial charge in [-0.1, -0.05) is 38.8 Å². The van der Waals surface area contributed by atoms with E-state index in [4.69, 9.17) is 0 Å². The maximum absolute atomic E-state index is 12.9. The molecular formula is C21H29N3O3S. The second-order valence-electron chi connectivity index (χ2n) is 8.17. The Hall–Kier alpha value is -1.91. The highest BCUT2D eigenvalue weighted by Gasteiger charge is 2.35. The SMILES string of the molecule is C[C@H]1[C@H](C)CCC[C@H]1NC(=O)C1CCN(S(=O)(=O)c2ccccc2C#N)CC1. The van der Waals surface area contributed by atoms with Crippen LogP contribution in [0.25, 0.3) is 0 Å². The summed E-state index contributed by atoms with van der Waals surface area (Å²) in [4.78, 5) is 12.8. The van der Waals surface area contributed by atoms with Crippen molar-refractivity contribution in [1.29, 1.82) is 5.26 Å². The molecular weight excluding hydrogens is 374 g/mol. The molecule has 152 valence electrons. The Kier molecular flexibility index (Phi) is 6.41. The first-order valence-corrected chi connectivity index (χ1v) is 11.6. The topological polar surface area (TPSA) is 90.3 Å². The number of carbonyl (C=O) groups excluding carboxylic acids is 1. The Morgan fingerprint density at radius 2 is 1.82 bits per heavy atom. The molecule has 1 aromatic carbocycles. The summed E-state index contributed by atoms with van der Waals surface area (Å²) in [6, 6.07) is 8.44. The molecule has 28 heavy (non-hydrogen) atoms. The number of benzene rings is 1. The number of rotatable bonds is 4. The predicted molar refractivity (Wildman–Crippen MR) is 107 cm³/mol. The molecule has 0 radical (unpaired) electrons. The van der Waals surface area contributed by atoms with E-state index in [1.54, 1.807) is 12.1 Å². The van der Waals surface area contributed by atoms with Crippen molar-refractivity contribution in [2.24, 2.45) is 17.8 Å². The lowest BCUT2D eigenvalue weighted by Crippen LogP contribution is -2.48. The highest BCUT2D eigenvalue weighted by Crippen LogP contribution is 2.31. The molecule has 3 rings (SSSR count). The fourth-order valence-electron chi connectivity index (χ4n) is 4.37. The summed E-state index contributed by atoms with van der Waals surface area (Å²) in [5.74, 6) is 0.995. The second-order valence-corrected chi connectivity index (χ2v) is 10.1. The molecule has 1 heterocycles. The Morgan fingerprint density at radius 1 is 1.14 bits per heavy atom. The Labute approximate surface area is 168 Å². The van der Waals surface area contributed by atoms with E-state index in [2.05, 4.69) is 19.2 Å². The van der Waals surface area contributed by atoms with Crippen LogP contribution in [-0.2, 0) is 14.8 Å². The van der Waals surface area contributed by atoms with Gasteiger partial charge in [0, 0.05) is 25.0 Å². The smallest absolute Gasteiger partial charge is 0.244 e. The van der Waals surface area contributed by atoms with E-state index in [0.717, 1.165) is 12.8 Å². The van der Waals surface area contributed by atoms with Gasteiger partial charge in [-0.3, -0.25) is 4.79 Å². The molecule has 0 unspecified atom stereocenters. The Morgan fingerprint density at radius 3 is 2.50 bits per heavy atom. The standard InChI is InChI=1S/C21H29N3O3S/c1-15-6-5-8-19(16(15)2)23-21(25)17-10-12-24(13-11-17)28(26,27)20-9-4-3-7-18(20)14-22/h3-4,7,9,15-17,19H,5-6,8,10-13H2,1-2H3,(H,23,25)/t15-,16+,19-/m1/s1. The average molecular weight is 404 g/mol. The van der Waals surface area contributed by atoms with Crippen molar-refractivity contribution in [2.75, 3.05) is 13.1 Å². The first-order chi connectivity index (χ1) is 13.3. The van der Waals surface area contributed by atoms with Crippen LogP contribution in [0.5, 0.6) is 0 Å². The highest BCUT2D eigenvalue weighted by atomic mass is 32.2. The van der Waals surface area contributed by atoms with Crippen LogP contribution in [0.15, 0.2) is 29.2 Å². The Balaban J connectivity index is 1.61. The van der Waals surface area contributed by atoms with E-state index in [1.165, 1.54) is 22.9 Å². The van der Waals surface area contributed by atoms with Gasteiger partial charge in [0.1, 0.15) is 6.07 Å². The van der Waals surface area contributed by atoms with Crippen LogP contribution in [0.1, 0.15) is 51.5 Å². The van der Waals surface area contributed by atoms with Crippen molar-refractivity contribution in [2.45, 2.75) is 56.9 Å². The molecule has 1 saturated carbocycles. The summed E-state index contributed by atoms with van der Waals surface area (Å²) in [6.45, 7) is 5.05. The molecule has 6 nitrogen and oxygen atoms in total. The van der Waals surface area contributed by atoms with Crippen molar-refractivity contribution < 1.29 is 13.2 Å². The monoisotopic (exact) mass is 403 g/mol. The lowest BCUT2D eigenvalue weighted by molar-refractivity contribution is -0.127. The summed E-state index contributed by atoms with van der Waals surface area (Å²) in [6.07, 6.45) is 4.40. The number of hydrogen-bond acceptors (Lipinski definition) is 4. The van der Waals surface area contributed by atoms with Crippen LogP contribution in [0.3, 0.4) is 0 Å². The third-order valence-electron chi connectivity index (χ3n) is 6.48. The normalized spacial score (nSPS) is 27.1. The van der Waals surface area contributed by atoms with E-state index in [1.807, 2.05) is 6.07 Å². The molecule has 1 aromatic rings. The number of sulfonamides is 1. The molecule has 2 aliphatic rings. The van der Waals surface area contributed by atoms with E-state index < -0.39 is 10.0 Å². The van der Waals surface area contributed by atoms with Gasteiger partial charge < -0.3 is 5.32 Å². The van der Waals surface area contributed by atoms with Crippen LogP contribution in [-0.4, -0.2) is 37.8 Å². The van der Waals surface area contributed by atoms with Crippen molar-refractivity contribution in [3.63, 3.8) is 0 Å². The van der Waals surface area contributed by atoms with Crippen molar-refractivity contribution >= 4 is 15.9 Å². The van der Waals surface area contributed by atoms with Gasteiger partial charge in [0.15, 0.2) is 0 Å². The average Bonchev–Trinajstić information content (AvgIpc) is 2.71. The van der Waals surface area contributed by atoms with Crippen LogP contribution in [0.4, 0.5) is 0 Å². The van der Waals surface area contributed by atoms with Gasteiger partial charge in [-0.2, -0.15) is 9.57 Å². The molecule has 1 N–H and O–H groups in total. The van der Waals surface area contributed by atoms with E-state index in [-0.39, 0.29) is 28.3 Å². The molecule has 0 bridgehead atoms. The maximum Gasteiger partial charge on any atom is 0.244 e. The lowest BCUT2D eigenvalue weighted by Gasteiger charge is -2.36. The molecule has 7 heteroatoms. The van der Waals surface area contributed by atoms with Crippen LogP contribution >= 0.6 is 0 Å². The number of nitrogens with zero attached hydrogens (tertiary/aromatic N) is 2. The molecule has 1 aliphatic carbocycles. The molecule has 0 aromatic heterocycles. The number of hydrogen-bond donors (Lipinski definition) is 1. The number of nitrogens with one attached hydrogen (secondary N) is 1. The van der Waals surface area contributed by atoms with E-state index in [0.29, 0.717) is 37.8 Å². The van der Waals surface area contributed by atoms with Gasteiger partial charge in [-0.25, -0.2) is 8.42 Å². The molecule has 1 amide bonds. The number of piperidine rings is 1. The van der Waals surface area contributed by atoms with Gasteiger partial charge in [0.25, 0.3) is 0 Å². The first kappa shape index (κ1) is 20.8. The summed E-state index contributed by atoms with van der Waals surface area (Å²) < 4.78 is 27.2. The molecule has 1 saturated heterocycles. The summed E-state index contributed by atoms with van der Waals surface area (Å²) in [5, 5.41) is 12.4. The number of nitriles is 1. The highest BCUT2D eigenvalue weighted by molar-refractivity contribution is 7.89. The number of carbonyl (C=O) groups is 1. The Bertz CT molecular complexity index is 854. The van der Waals surface area contributed by atoms with Gasteiger partial charge >= 0.3 is 0 Å². The fraction of sp³-hybridized carbons (Fsp3) is 0.619. The second kappa shape index (κ2) is 8.62. The minimum absolute atomic E-state index is 0.0467. The van der Waals surface area contributed by atoms with Gasteiger partial charge in [0.2, 0.25) is 15.9 Å². The van der Waals surface area contributed by atoms with E-state index in [9.17, 15) is 18.5 Å². The van der Waals surface area contributed by atoms with Crippen LogP contribution in [0, 0.1) is 29.1 Å². The summed E-state index contributed by atoms with van der Waals surface area (Å²) in [7, 11) is -3.72. The van der Waals surface area contributed by atoms with Gasteiger partial charge in [-0.05, 0) is 43.2 Å². The maximum atomic E-state index is 12.9. The minimum Gasteiger partial charge on any atom is -0.353 e. The van der Waals surface area contributed by atoms with E-state index >= 15 is 0 Å². The predicted octanol–water partition coefficient (Wildman–Crippen LogP) is 2.90. The number of amides is 1. The molecule has 2 fully saturated rings. The zero-order valence-electron chi connectivity index (χ0n) is 16.6. The van der Waals surface area contributed by atoms with Crippen molar-refractivity contribution in [1.82, 2.24) is 9.62 Å². The van der Waals surface area contributed by atoms with Crippen molar-refractivity contribution in [3.8, 4) is 6.07 Å². The van der Waals surface area contributed by atoms with Crippen LogP contribution < -0.4 is 5.32 Å². The van der Waals surface area contributed by atoms with Crippen LogP contribution in [0.2, 0.25) is 0 Å². The van der Waals surface area contributed by atoms with Gasteiger partial charge in [-0.15, -0.1) is 0 Å².